The fraction of sp³-hybridized carbons (Fsp3) is 0.278. The molecule has 0 saturated heterocycles. The van der Waals surface area contributed by atoms with E-state index in [9.17, 15) is 14.9 Å². The number of nitrogens with zero attached hydrogens (tertiary/aromatic N) is 1. The van der Waals surface area contributed by atoms with Gasteiger partial charge in [-0.25, -0.2) is 0 Å². The van der Waals surface area contributed by atoms with Crippen LogP contribution in [0.5, 0.6) is 0 Å². The number of nitrogens with one attached hydrogen (secondary N) is 2. The summed E-state index contributed by atoms with van der Waals surface area (Å²) >= 11 is 0. The van der Waals surface area contributed by atoms with E-state index in [1.165, 1.54) is 12.1 Å². The van der Waals surface area contributed by atoms with Crippen LogP contribution in [0.1, 0.15) is 32.3 Å². The van der Waals surface area contributed by atoms with Crippen LogP contribution >= 0.6 is 0 Å². The van der Waals surface area contributed by atoms with Gasteiger partial charge in [0.2, 0.25) is 5.91 Å². The molecule has 0 spiro atoms. The molecule has 0 aromatic heterocycles. The SMILES string of the molecule is CC(C)c1ccccc1NC(=O)[C@H](C)Nc1cccc([N+](=O)[O-])c1. The van der Waals surface area contributed by atoms with E-state index in [0.29, 0.717) is 11.6 Å². The van der Waals surface area contributed by atoms with Crippen molar-refractivity contribution in [3.05, 3.63) is 64.2 Å². The average Bonchev–Trinajstić information content (AvgIpc) is 2.55. The highest BCUT2D eigenvalue weighted by atomic mass is 16.6. The number of benzene rings is 2. The Bertz CT molecular complexity index is 744. The summed E-state index contributed by atoms with van der Waals surface area (Å²) in [5.74, 6) is 0.0937. The molecule has 0 bridgehead atoms. The van der Waals surface area contributed by atoms with E-state index in [-0.39, 0.29) is 11.6 Å². The number of anilines is 2. The molecular formula is C18H21N3O3. The standard InChI is InChI=1S/C18H21N3O3/c1-12(2)16-9-4-5-10-17(16)20-18(22)13(3)19-14-7-6-8-15(11-14)21(23)24/h4-13,19H,1-3H3,(H,20,22)/t13-/m0/s1. The minimum atomic E-state index is -0.535. The normalized spacial score (nSPS) is 11.8. The van der Waals surface area contributed by atoms with Crippen LogP contribution in [-0.4, -0.2) is 16.9 Å². The van der Waals surface area contributed by atoms with Crippen LogP contribution in [0.3, 0.4) is 0 Å². The summed E-state index contributed by atoms with van der Waals surface area (Å²) in [5, 5.41) is 16.7. The lowest BCUT2D eigenvalue weighted by molar-refractivity contribution is -0.384. The van der Waals surface area contributed by atoms with Gasteiger partial charge in [-0.15, -0.1) is 0 Å². The molecule has 6 heteroatoms. The molecule has 2 aromatic carbocycles. The predicted octanol–water partition coefficient (Wildman–Crippen LogP) is 4.16. The van der Waals surface area contributed by atoms with Gasteiger partial charge >= 0.3 is 0 Å². The number of carbonyl (C=O) groups excluding carboxylic acids is 1. The molecule has 1 amide bonds. The molecule has 2 aromatic rings. The number of para-hydroxylation sites is 1. The number of amides is 1. The average molecular weight is 327 g/mol. The predicted molar refractivity (Wildman–Crippen MR) is 95.3 cm³/mol. The Kier molecular flexibility index (Phi) is 5.52. The van der Waals surface area contributed by atoms with E-state index < -0.39 is 11.0 Å². The quantitative estimate of drug-likeness (QED) is 0.616. The first-order chi connectivity index (χ1) is 11.4. The van der Waals surface area contributed by atoms with Crippen molar-refractivity contribution in [2.45, 2.75) is 32.7 Å². The third-order valence-electron chi connectivity index (χ3n) is 3.67. The van der Waals surface area contributed by atoms with Gasteiger partial charge in [0.1, 0.15) is 6.04 Å². The summed E-state index contributed by atoms with van der Waals surface area (Å²) in [6.07, 6.45) is 0. The van der Waals surface area contributed by atoms with Gasteiger partial charge in [0.25, 0.3) is 5.69 Å². The zero-order chi connectivity index (χ0) is 17.7. The van der Waals surface area contributed by atoms with Crippen LogP contribution in [0.2, 0.25) is 0 Å². The molecule has 24 heavy (non-hydrogen) atoms. The molecule has 0 fully saturated rings. The van der Waals surface area contributed by atoms with Crippen LogP contribution in [0, 0.1) is 10.1 Å². The fourth-order valence-electron chi connectivity index (χ4n) is 2.38. The van der Waals surface area contributed by atoms with Crippen LogP contribution < -0.4 is 10.6 Å². The van der Waals surface area contributed by atoms with E-state index in [2.05, 4.69) is 24.5 Å². The monoisotopic (exact) mass is 327 g/mol. The van der Waals surface area contributed by atoms with Crippen molar-refractivity contribution in [3.63, 3.8) is 0 Å². The van der Waals surface area contributed by atoms with Crippen molar-refractivity contribution in [1.29, 1.82) is 0 Å². The van der Waals surface area contributed by atoms with Crippen LogP contribution in [0.25, 0.3) is 0 Å². The van der Waals surface area contributed by atoms with Crippen molar-refractivity contribution in [2.24, 2.45) is 0 Å². The number of nitro benzene ring substituents is 1. The number of rotatable bonds is 6. The molecule has 0 aliphatic rings. The van der Waals surface area contributed by atoms with E-state index >= 15 is 0 Å². The van der Waals surface area contributed by atoms with Gasteiger partial charge in [-0.3, -0.25) is 14.9 Å². The minimum Gasteiger partial charge on any atom is -0.374 e. The first-order valence-electron chi connectivity index (χ1n) is 7.79. The summed E-state index contributed by atoms with van der Waals surface area (Å²) in [5.41, 5.74) is 2.36. The second-order valence-corrected chi connectivity index (χ2v) is 5.90. The molecule has 0 radical (unpaired) electrons. The molecule has 6 nitrogen and oxygen atoms in total. The van der Waals surface area contributed by atoms with E-state index in [0.717, 1.165) is 11.3 Å². The number of nitro groups is 1. The maximum Gasteiger partial charge on any atom is 0.271 e. The summed E-state index contributed by atoms with van der Waals surface area (Å²) in [4.78, 5) is 22.8. The molecule has 0 unspecified atom stereocenters. The van der Waals surface area contributed by atoms with Gasteiger partial charge < -0.3 is 10.6 Å². The van der Waals surface area contributed by atoms with Gasteiger partial charge in [0.15, 0.2) is 0 Å². The molecule has 0 heterocycles. The molecule has 126 valence electrons. The second-order valence-electron chi connectivity index (χ2n) is 5.90. The first kappa shape index (κ1) is 17.5. The van der Waals surface area contributed by atoms with Gasteiger partial charge in [0, 0.05) is 23.5 Å². The van der Waals surface area contributed by atoms with Crippen LogP contribution in [0.15, 0.2) is 48.5 Å². The lowest BCUT2D eigenvalue weighted by atomic mass is 10.0. The van der Waals surface area contributed by atoms with E-state index in [1.54, 1.807) is 19.1 Å². The van der Waals surface area contributed by atoms with Gasteiger partial charge in [-0.2, -0.15) is 0 Å². The number of non-ortho nitro benzene ring substituents is 1. The second kappa shape index (κ2) is 7.59. The van der Waals surface area contributed by atoms with Crippen molar-refractivity contribution < 1.29 is 9.72 Å². The molecule has 1 atom stereocenters. The van der Waals surface area contributed by atoms with Crippen LogP contribution in [-0.2, 0) is 4.79 Å². The molecule has 0 saturated carbocycles. The topological polar surface area (TPSA) is 84.3 Å². The van der Waals surface area contributed by atoms with Crippen molar-refractivity contribution >= 4 is 23.0 Å². The number of carbonyl (C=O) groups is 1. The summed E-state index contributed by atoms with van der Waals surface area (Å²) in [6, 6.07) is 13.2. The Labute approximate surface area is 141 Å². The highest BCUT2D eigenvalue weighted by Gasteiger charge is 2.16. The first-order valence-corrected chi connectivity index (χ1v) is 7.79. The highest BCUT2D eigenvalue weighted by molar-refractivity contribution is 5.97. The third-order valence-corrected chi connectivity index (χ3v) is 3.67. The summed E-state index contributed by atoms with van der Waals surface area (Å²) in [7, 11) is 0. The third kappa shape index (κ3) is 4.32. The van der Waals surface area contributed by atoms with E-state index in [1.807, 2.05) is 24.3 Å². The summed E-state index contributed by atoms with van der Waals surface area (Å²) in [6.45, 7) is 5.84. The molecule has 2 rings (SSSR count). The fourth-order valence-corrected chi connectivity index (χ4v) is 2.38. The Morgan fingerprint density at radius 1 is 1.08 bits per heavy atom. The zero-order valence-corrected chi connectivity index (χ0v) is 13.9. The Hall–Kier alpha value is -2.89. The minimum absolute atomic E-state index is 0.0160. The van der Waals surface area contributed by atoms with E-state index in [4.69, 9.17) is 0 Å². The largest absolute Gasteiger partial charge is 0.374 e. The maximum atomic E-state index is 12.4. The lowest BCUT2D eigenvalue weighted by Crippen LogP contribution is -2.32. The molecular weight excluding hydrogens is 306 g/mol. The van der Waals surface area contributed by atoms with Gasteiger partial charge in [0.05, 0.1) is 4.92 Å². The molecule has 0 aliphatic carbocycles. The molecule has 2 N–H and O–H groups in total. The number of hydrogen-bond acceptors (Lipinski definition) is 4. The van der Waals surface area contributed by atoms with Crippen molar-refractivity contribution in [2.75, 3.05) is 10.6 Å². The van der Waals surface area contributed by atoms with Crippen molar-refractivity contribution in [1.82, 2.24) is 0 Å². The van der Waals surface area contributed by atoms with Gasteiger partial charge in [-0.05, 0) is 30.5 Å². The Morgan fingerprint density at radius 3 is 2.46 bits per heavy atom. The Balaban J connectivity index is 2.08. The van der Waals surface area contributed by atoms with Crippen molar-refractivity contribution in [3.8, 4) is 0 Å². The number of hydrogen-bond donors (Lipinski definition) is 2. The lowest BCUT2D eigenvalue weighted by Gasteiger charge is -2.18. The Morgan fingerprint density at radius 2 is 1.79 bits per heavy atom. The zero-order valence-electron chi connectivity index (χ0n) is 13.9. The highest BCUT2D eigenvalue weighted by Crippen LogP contribution is 2.24. The maximum absolute atomic E-state index is 12.4. The molecule has 0 aliphatic heterocycles. The summed E-state index contributed by atoms with van der Waals surface area (Å²) < 4.78 is 0. The smallest absolute Gasteiger partial charge is 0.271 e. The van der Waals surface area contributed by atoms with Crippen LogP contribution in [0.4, 0.5) is 17.1 Å². The van der Waals surface area contributed by atoms with Gasteiger partial charge in [-0.1, -0.05) is 38.1 Å².